The van der Waals surface area contributed by atoms with Crippen LogP contribution in [-0.2, 0) is 0 Å². The maximum Gasteiger partial charge on any atom is 0.319 e. The number of nitrogens with zero attached hydrogens (tertiary/aromatic N) is 5. The summed E-state index contributed by atoms with van der Waals surface area (Å²) in [6.07, 6.45) is 12.9. The van der Waals surface area contributed by atoms with Gasteiger partial charge in [-0.05, 0) is 69.1 Å². The number of hydrogen-bond donors (Lipinski definition) is 2. The van der Waals surface area contributed by atoms with E-state index in [-0.39, 0.29) is 11.3 Å². The molecule has 41 heavy (non-hydrogen) atoms. The van der Waals surface area contributed by atoms with E-state index in [0.717, 1.165) is 47.6 Å². The van der Waals surface area contributed by atoms with Gasteiger partial charge in [0.1, 0.15) is 23.6 Å². The molecule has 2 aromatic carbocycles. The molecular formula is C31H32N6O3S. The maximum atomic E-state index is 10.4. The fraction of sp³-hybridized carbons (Fsp3) is 0.452. The Labute approximate surface area is 242 Å². The van der Waals surface area contributed by atoms with Crippen LogP contribution in [0.5, 0.6) is 22.7 Å². The molecule has 2 atom stereocenters. The molecule has 2 N–H and O–H groups in total. The number of phenolic OH excluding ortho intramolecular Hbond substituents is 1. The highest BCUT2D eigenvalue weighted by atomic mass is 32.1. The lowest BCUT2D eigenvalue weighted by atomic mass is 9.95. The van der Waals surface area contributed by atoms with E-state index in [9.17, 15) is 5.11 Å². The van der Waals surface area contributed by atoms with Crippen LogP contribution < -0.4 is 19.7 Å². The second-order valence-corrected chi connectivity index (χ2v) is 12.7. The van der Waals surface area contributed by atoms with Gasteiger partial charge in [0.15, 0.2) is 10.6 Å². The largest absolute Gasteiger partial charge is 0.508 e. The van der Waals surface area contributed by atoms with Crippen molar-refractivity contribution in [3.05, 3.63) is 35.9 Å². The summed E-state index contributed by atoms with van der Waals surface area (Å²) in [5.41, 5.74) is 1.51. The number of nitrogens with one attached hydrogen (secondary N) is 1. The number of phenols is 1. The normalized spacial score (nSPS) is 23.2. The predicted octanol–water partition coefficient (Wildman–Crippen LogP) is 4.67. The second kappa shape index (κ2) is 9.72. The first-order valence-corrected chi connectivity index (χ1v) is 15.4. The quantitative estimate of drug-likeness (QED) is 0.322. The van der Waals surface area contributed by atoms with Crippen LogP contribution in [0.4, 0.5) is 5.82 Å². The molecule has 4 saturated heterocycles. The summed E-state index contributed by atoms with van der Waals surface area (Å²) in [5, 5.41) is 16.1. The number of terminal acetylenes is 1. The average Bonchev–Trinajstić information content (AvgIpc) is 3.73. The van der Waals surface area contributed by atoms with Crippen LogP contribution in [0.2, 0.25) is 0 Å². The van der Waals surface area contributed by atoms with E-state index in [1.54, 1.807) is 12.1 Å². The predicted molar refractivity (Wildman–Crippen MR) is 159 cm³/mol. The van der Waals surface area contributed by atoms with Gasteiger partial charge in [0, 0.05) is 42.2 Å². The number of hydrogen-bond acceptors (Lipinski definition) is 10. The summed E-state index contributed by atoms with van der Waals surface area (Å²) in [6.45, 7) is 4.65. The summed E-state index contributed by atoms with van der Waals surface area (Å²) < 4.78 is 12.8. The van der Waals surface area contributed by atoms with Gasteiger partial charge in [-0.3, -0.25) is 4.90 Å². The van der Waals surface area contributed by atoms with E-state index >= 15 is 0 Å². The number of thiazole rings is 1. The molecule has 210 valence electrons. The smallest absolute Gasteiger partial charge is 0.319 e. The van der Waals surface area contributed by atoms with Crippen LogP contribution >= 0.6 is 11.3 Å². The fourth-order valence-corrected chi connectivity index (χ4v) is 8.19. The van der Waals surface area contributed by atoms with Gasteiger partial charge in [-0.2, -0.15) is 15.0 Å². The van der Waals surface area contributed by atoms with Crippen molar-refractivity contribution in [1.29, 1.82) is 0 Å². The molecule has 10 heteroatoms. The third-order valence-electron chi connectivity index (χ3n) is 9.28. The zero-order valence-electron chi connectivity index (χ0n) is 22.8. The molecule has 4 aromatic rings. The van der Waals surface area contributed by atoms with Gasteiger partial charge in [-0.15, -0.1) is 6.42 Å². The van der Waals surface area contributed by atoms with E-state index in [1.807, 2.05) is 18.2 Å². The first kappa shape index (κ1) is 25.1. The lowest BCUT2D eigenvalue weighted by Crippen LogP contribution is -2.51. The van der Waals surface area contributed by atoms with Gasteiger partial charge >= 0.3 is 6.01 Å². The molecule has 1 unspecified atom stereocenters. The van der Waals surface area contributed by atoms with Crippen molar-refractivity contribution in [2.75, 3.05) is 37.7 Å². The van der Waals surface area contributed by atoms with Gasteiger partial charge in [0.25, 0.3) is 5.19 Å². The molecule has 8 rings (SSSR count). The minimum absolute atomic E-state index is 0.0995. The first-order valence-electron chi connectivity index (χ1n) is 14.5. The summed E-state index contributed by atoms with van der Waals surface area (Å²) in [6, 6.07) is 10.2. The van der Waals surface area contributed by atoms with Crippen molar-refractivity contribution < 1.29 is 14.6 Å². The Morgan fingerprint density at radius 2 is 1.90 bits per heavy atom. The molecule has 0 radical (unpaired) electrons. The molecule has 6 heterocycles. The minimum Gasteiger partial charge on any atom is -0.508 e. The van der Waals surface area contributed by atoms with Crippen LogP contribution in [0.3, 0.4) is 0 Å². The van der Waals surface area contributed by atoms with E-state index in [1.165, 1.54) is 49.9 Å². The molecule has 4 fully saturated rings. The maximum absolute atomic E-state index is 10.4. The van der Waals surface area contributed by atoms with Gasteiger partial charge < -0.3 is 24.8 Å². The van der Waals surface area contributed by atoms with Crippen molar-refractivity contribution in [1.82, 2.24) is 25.2 Å². The Kier molecular flexibility index (Phi) is 5.95. The van der Waals surface area contributed by atoms with E-state index in [0.29, 0.717) is 46.7 Å². The number of aromatic hydroxyl groups is 1. The standard InChI is InChI=1S/C31H32N6O3S/c1-2-19-6-3-7-20-14-23(38)15-24(25(19)20)40-30-33-26-27(36-16-21-8-9-22(17-36)32-21)34-29(35-28(26)41-30)39-18-31-10-4-12-37(31)13-5-11-31/h1,3,6-7,14-15,21-22,32,38H,4-5,8-13,16-18H2/t21-,22?/m0/s1. The van der Waals surface area contributed by atoms with E-state index < -0.39 is 0 Å². The van der Waals surface area contributed by atoms with Gasteiger partial charge in [-0.25, -0.2) is 0 Å². The number of rotatable bonds is 6. The Morgan fingerprint density at radius 3 is 2.68 bits per heavy atom. The highest BCUT2D eigenvalue weighted by Crippen LogP contribution is 2.42. The zero-order valence-corrected chi connectivity index (χ0v) is 23.6. The van der Waals surface area contributed by atoms with Crippen LogP contribution in [0.25, 0.3) is 21.1 Å². The van der Waals surface area contributed by atoms with Crippen LogP contribution in [0.15, 0.2) is 30.3 Å². The van der Waals surface area contributed by atoms with E-state index in [4.69, 9.17) is 30.8 Å². The second-order valence-electron chi connectivity index (χ2n) is 11.8. The van der Waals surface area contributed by atoms with Crippen LogP contribution in [0.1, 0.15) is 44.1 Å². The third kappa shape index (κ3) is 4.35. The third-order valence-corrected chi connectivity index (χ3v) is 10.1. The Bertz CT molecular complexity index is 1680. The van der Waals surface area contributed by atoms with Crippen molar-refractivity contribution in [2.24, 2.45) is 0 Å². The summed E-state index contributed by atoms with van der Waals surface area (Å²) >= 11 is 1.35. The molecule has 9 nitrogen and oxygen atoms in total. The minimum atomic E-state index is 0.0995. The number of benzene rings is 2. The van der Waals surface area contributed by atoms with Gasteiger partial charge in [-0.1, -0.05) is 29.4 Å². The topological polar surface area (TPSA) is 95.9 Å². The number of aromatic nitrogens is 3. The molecule has 0 saturated carbocycles. The average molecular weight is 569 g/mol. The Morgan fingerprint density at radius 1 is 1.10 bits per heavy atom. The lowest BCUT2D eigenvalue weighted by molar-refractivity contribution is 0.108. The first-order chi connectivity index (χ1) is 20.1. The molecule has 4 aliphatic heterocycles. The van der Waals surface area contributed by atoms with Crippen LogP contribution in [-0.4, -0.2) is 75.4 Å². The van der Waals surface area contributed by atoms with Crippen LogP contribution in [0, 0.1) is 12.3 Å². The number of ether oxygens (including phenoxy) is 2. The molecule has 0 amide bonds. The molecule has 4 aliphatic rings. The highest BCUT2D eigenvalue weighted by molar-refractivity contribution is 7.19. The molecule has 2 bridgehead atoms. The number of anilines is 1. The summed E-state index contributed by atoms with van der Waals surface area (Å²) in [4.78, 5) is 20.3. The SMILES string of the molecule is C#Cc1cccc2cc(O)cc(Oc3nc4c(N5CC6CC[C@@H](C5)N6)nc(OCC56CCCN5CCC6)nc4s3)c12. The Balaban J connectivity index is 1.17. The molecule has 0 spiro atoms. The summed E-state index contributed by atoms with van der Waals surface area (Å²) in [5.74, 6) is 4.09. The molecular weight excluding hydrogens is 536 g/mol. The fourth-order valence-electron chi connectivity index (χ4n) is 7.40. The molecule has 2 aromatic heterocycles. The Hall–Kier alpha value is -3.65. The van der Waals surface area contributed by atoms with Crippen molar-refractivity contribution in [3.63, 3.8) is 0 Å². The van der Waals surface area contributed by atoms with Gasteiger partial charge in [0.2, 0.25) is 0 Å². The van der Waals surface area contributed by atoms with Gasteiger partial charge in [0.05, 0.1) is 5.54 Å². The van der Waals surface area contributed by atoms with Crippen molar-refractivity contribution in [2.45, 2.75) is 56.1 Å². The van der Waals surface area contributed by atoms with Crippen molar-refractivity contribution >= 4 is 38.3 Å². The van der Waals surface area contributed by atoms with E-state index in [2.05, 4.69) is 21.0 Å². The summed E-state index contributed by atoms with van der Waals surface area (Å²) in [7, 11) is 0. The zero-order chi connectivity index (χ0) is 27.6. The van der Waals surface area contributed by atoms with Crippen molar-refractivity contribution in [3.8, 4) is 35.0 Å². The number of piperazine rings is 1. The monoisotopic (exact) mass is 568 g/mol. The number of fused-ring (bicyclic) bond motifs is 5. The molecule has 0 aliphatic carbocycles. The lowest BCUT2D eigenvalue weighted by Gasteiger charge is -2.34. The highest BCUT2D eigenvalue weighted by Gasteiger charge is 2.45.